The van der Waals surface area contributed by atoms with Crippen LogP contribution in [-0.2, 0) is 4.74 Å². The largest absolute Gasteiger partial charge is 0.453 e. The molecule has 1 saturated heterocycles. The van der Waals surface area contributed by atoms with Crippen molar-refractivity contribution in [1.82, 2.24) is 10.2 Å². The molecule has 2 heterocycles. The summed E-state index contributed by atoms with van der Waals surface area (Å²) in [7, 11) is 1.31. The van der Waals surface area contributed by atoms with Gasteiger partial charge in [-0.25, -0.2) is 13.6 Å². The molecule has 0 aromatic heterocycles. The Morgan fingerprint density at radius 2 is 2.19 bits per heavy atom. The second kappa shape index (κ2) is 12.4. The molecule has 7 nitrogen and oxygen atoms in total. The normalized spacial score (nSPS) is 22.1. The Hall–Kier alpha value is -2.85. The van der Waals surface area contributed by atoms with Crippen molar-refractivity contribution in [2.45, 2.75) is 50.8 Å². The molecule has 3 unspecified atom stereocenters. The number of nitrogens with zero attached hydrogens (tertiary/aromatic N) is 3. The van der Waals surface area contributed by atoms with E-state index in [1.807, 2.05) is 30.2 Å². The zero-order chi connectivity index (χ0) is 26.4. The van der Waals surface area contributed by atoms with Gasteiger partial charge in [0, 0.05) is 42.2 Å². The van der Waals surface area contributed by atoms with Crippen molar-refractivity contribution in [3.63, 3.8) is 0 Å². The number of alkyl halides is 1. The fourth-order valence-electron chi connectivity index (χ4n) is 4.19. The first-order chi connectivity index (χ1) is 17.2. The van der Waals surface area contributed by atoms with Crippen LogP contribution in [-0.4, -0.2) is 54.3 Å². The van der Waals surface area contributed by atoms with E-state index < -0.39 is 24.2 Å². The van der Waals surface area contributed by atoms with Gasteiger partial charge in [-0.3, -0.25) is 9.98 Å². The van der Waals surface area contributed by atoms with Crippen molar-refractivity contribution in [3.8, 4) is 0 Å². The van der Waals surface area contributed by atoms with E-state index in [-0.39, 0.29) is 16.3 Å². The predicted octanol–water partition coefficient (Wildman–Crippen LogP) is 5.50. The number of rotatable bonds is 8. The Morgan fingerprint density at radius 3 is 2.81 bits per heavy atom. The van der Waals surface area contributed by atoms with E-state index in [0.717, 1.165) is 11.5 Å². The minimum atomic E-state index is -1.44. The highest BCUT2D eigenvalue weighted by molar-refractivity contribution is 8.03. The Bertz CT molecular complexity index is 1140. The summed E-state index contributed by atoms with van der Waals surface area (Å²) < 4.78 is 33.0. The van der Waals surface area contributed by atoms with Crippen LogP contribution in [0.4, 0.5) is 13.6 Å². The van der Waals surface area contributed by atoms with Crippen LogP contribution in [0.15, 0.2) is 62.7 Å². The van der Waals surface area contributed by atoms with Crippen LogP contribution in [0.2, 0.25) is 5.02 Å². The minimum absolute atomic E-state index is 0.00258. The Morgan fingerprint density at radius 1 is 1.44 bits per heavy atom. The van der Waals surface area contributed by atoms with E-state index >= 15 is 0 Å². The molecule has 0 aliphatic carbocycles. The third-order valence-corrected chi connectivity index (χ3v) is 7.10. The Kier molecular flexibility index (Phi) is 9.56. The van der Waals surface area contributed by atoms with Gasteiger partial charge in [0.25, 0.3) is 0 Å². The first-order valence-electron chi connectivity index (χ1n) is 11.4. The number of amidine groups is 1. The molecule has 1 aromatic carbocycles. The molecule has 0 radical (unpaired) electrons. The van der Waals surface area contributed by atoms with Gasteiger partial charge in [-0.1, -0.05) is 23.7 Å². The number of nitrogens with one attached hydrogen (secondary N) is 1. The van der Waals surface area contributed by atoms with Crippen LogP contribution in [0.5, 0.6) is 0 Å². The lowest BCUT2D eigenvalue weighted by atomic mass is 9.89. The van der Waals surface area contributed by atoms with Gasteiger partial charge in [-0.2, -0.15) is 0 Å². The van der Waals surface area contributed by atoms with Crippen LogP contribution in [0.25, 0.3) is 0 Å². The zero-order valence-electron chi connectivity index (χ0n) is 20.5. The number of amides is 1. The van der Waals surface area contributed by atoms with Crippen molar-refractivity contribution in [1.29, 1.82) is 0 Å². The van der Waals surface area contributed by atoms with Gasteiger partial charge in [-0.15, -0.1) is 11.8 Å². The molecule has 3 N–H and O–H groups in total. The molecule has 2 aliphatic heterocycles. The number of carbonyl (C=O) groups excluding carboxylic acids is 1. The number of ether oxygens (including phenoxy) is 1. The van der Waals surface area contributed by atoms with E-state index in [1.165, 1.54) is 38.6 Å². The van der Waals surface area contributed by atoms with Gasteiger partial charge in [0.2, 0.25) is 0 Å². The third-order valence-electron chi connectivity index (χ3n) is 5.75. The monoisotopic (exact) mass is 537 g/mol. The highest BCUT2D eigenvalue weighted by Crippen LogP contribution is 2.43. The number of methoxy groups -OCH3 is 1. The molecular formula is C25H30ClF2N5O2S. The van der Waals surface area contributed by atoms with E-state index in [9.17, 15) is 13.6 Å². The van der Waals surface area contributed by atoms with Gasteiger partial charge < -0.3 is 20.7 Å². The molecule has 1 amide bonds. The molecule has 0 bridgehead atoms. The second-order valence-corrected chi connectivity index (χ2v) is 9.95. The lowest BCUT2D eigenvalue weighted by Gasteiger charge is -2.35. The number of hydrogen-bond acceptors (Lipinski definition) is 7. The van der Waals surface area contributed by atoms with Gasteiger partial charge in [0.1, 0.15) is 17.7 Å². The fraction of sp³-hybridized carbons (Fsp3) is 0.400. The van der Waals surface area contributed by atoms with E-state index in [1.54, 1.807) is 17.8 Å². The van der Waals surface area contributed by atoms with Gasteiger partial charge in [0.05, 0.1) is 23.4 Å². The Balaban J connectivity index is 2.21. The third kappa shape index (κ3) is 6.28. The number of benzene rings is 1. The topological polar surface area (TPSA) is 92.3 Å². The molecule has 0 spiro atoms. The number of fused-ring (bicyclic) bond motifs is 1. The summed E-state index contributed by atoms with van der Waals surface area (Å²) in [5.74, 6) is 0.188. The average molecular weight is 538 g/mol. The molecule has 2 aliphatic rings. The summed E-state index contributed by atoms with van der Waals surface area (Å²) in [5, 5.41) is 4.77. The van der Waals surface area contributed by atoms with Gasteiger partial charge in [0.15, 0.2) is 6.30 Å². The zero-order valence-corrected chi connectivity index (χ0v) is 22.1. The van der Waals surface area contributed by atoms with Crippen molar-refractivity contribution in [3.05, 3.63) is 69.1 Å². The fourth-order valence-corrected chi connectivity index (χ4v) is 5.01. The lowest BCUT2D eigenvalue weighted by molar-refractivity contribution is 0.167. The van der Waals surface area contributed by atoms with Gasteiger partial charge >= 0.3 is 6.09 Å². The molecule has 3 rings (SSSR count). The number of aliphatic imine (C=N–C) groups is 2. The van der Waals surface area contributed by atoms with Crippen LogP contribution in [0.1, 0.15) is 38.8 Å². The summed E-state index contributed by atoms with van der Waals surface area (Å²) in [6.07, 6.45) is 3.09. The first kappa shape index (κ1) is 27.7. The predicted molar refractivity (Wildman–Crippen MR) is 142 cm³/mol. The highest BCUT2D eigenvalue weighted by Gasteiger charge is 2.41. The minimum Gasteiger partial charge on any atom is -0.453 e. The standard InChI is InChI=1S/C25H30ClF2N5O2S/c1-5-8-36-14(2)24-32-23(16-6-7-19(26)20(28)9-16)22(17(11-29)12-30-15(3)27)21-10-18(13-33(21)24)31-25(34)35-4/h5-9,11-12,14-15,18,23H,10,13,29H2,1-4H3,(H,31,34)/b8-5-,17-11+,30-12+/t14?,15?,18?,23-/m0/s1. The van der Waals surface area contributed by atoms with Crippen molar-refractivity contribution in [2.24, 2.45) is 15.7 Å². The number of hydrogen-bond donors (Lipinski definition) is 2. The molecule has 1 fully saturated rings. The number of alkyl carbamates (subject to hydrolysis) is 1. The van der Waals surface area contributed by atoms with E-state index in [0.29, 0.717) is 29.7 Å². The quantitative estimate of drug-likeness (QED) is 0.337. The van der Waals surface area contributed by atoms with Crippen LogP contribution in [0, 0.1) is 5.82 Å². The number of allylic oxidation sites excluding steroid dienone is 1. The second-order valence-electron chi connectivity index (χ2n) is 8.29. The SMILES string of the molecule is C/C=C\SC(C)C1=N[C@@H](c2ccc(Cl)c(F)c2)C(C(=C/N)/C=N/C(C)F)=C2CC(NC(=O)OC)CN12. The van der Waals surface area contributed by atoms with Crippen molar-refractivity contribution in [2.75, 3.05) is 13.7 Å². The van der Waals surface area contributed by atoms with Crippen LogP contribution in [0.3, 0.4) is 0 Å². The summed E-state index contributed by atoms with van der Waals surface area (Å²) in [5.41, 5.74) is 8.50. The summed E-state index contributed by atoms with van der Waals surface area (Å²) in [4.78, 5) is 22.9. The Labute approximate surface area is 219 Å². The van der Waals surface area contributed by atoms with Crippen LogP contribution < -0.4 is 11.1 Å². The maximum Gasteiger partial charge on any atom is 0.407 e. The highest BCUT2D eigenvalue weighted by atomic mass is 35.5. The lowest BCUT2D eigenvalue weighted by Crippen LogP contribution is -2.41. The van der Waals surface area contributed by atoms with Gasteiger partial charge in [-0.05, 0) is 43.9 Å². The summed E-state index contributed by atoms with van der Waals surface area (Å²) in [6.45, 7) is 5.72. The maximum atomic E-state index is 14.5. The smallest absolute Gasteiger partial charge is 0.407 e. The summed E-state index contributed by atoms with van der Waals surface area (Å²) >= 11 is 7.53. The number of halogens is 3. The van der Waals surface area contributed by atoms with E-state index in [2.05, 4.69) is 10.3 Å². The van der Waals surface area contributed by atoms with Crippen molar-refractivity contribution >= 4 is 41.5 Å². The first-order valence-corrected chi connectivity index (χ1v) is 12.8. The number of nitrogens with two attached hydrogens (primary N) is 1. The maximum absolute atomic E-state index is 14.5. The molecule has 1 aromatic rings. The average Bonchev–Trinajstić information content (AvgIpc) is 3.27. The molecule has 36 heavy (non-hydrogen) atoms. The van der Waals surface area contributed by atoms with E-state index in [4.69, 9.17) is 27.1 Å². The molecule has 11 heteroatoms. The molecular weight excluding hydrogens is 508 g/mol. The number of carbonyl (C=O) groups is 1. The molecule has 0 saturated carbocycles. The molecule has 4 atom stereocenters. The molecule has 194 valence electrons. The van der Waals surface area contributed by atoms with Crippen molar-refractivity contribution < 1.29 is 18.3 Å². The number of thioether (sulfide) groups is 1. The summed E-state index contributed by atoms with van der Waals surface area (Å²) in [6, 6.07) is 3.60. The van der Waals surface area contributed by atoms with Crippen LogP contribution >= 0.6 is 23.4 Å².